The number of halogens is 4. The van der Waals surface area contributed by atoms with Crippen molar-refractivity contribution in [1.29, 1.82) is 0 Å². The molecule has 1 unspecified atom stereocenters. The molecule has 1 aromatic carbocycles. The lowest BCUT2D eigenvalue weighted by atomic mass is 9.85. The Hall–Kier alpha value is -3.32. The minimum absolute atomic E-state index is 0.225. The van der Waals surface area contributed by atoms with Gasteiger partial charge in [0.15, 0.2) is 0 Å². The van der Waals surface area contributed by atoms with Gasteiger partial charge in [0.05, 0.1) is 6.54 Å². The molecule has 0 radical (unpaired) electrons. The molecule has 3 aromatic rings. The minimum Gasteiger partial charge on any atom is -0.475 e. The van der Waals surface area contributed by atoms with E-state index in [1.165, 1.54) is 10.7 Å². The average Bonchev–Trinajstić information content (AvgIpc) is 3.54. The number of likely N-dealkylation sites (tertiary alicyclic amines) is 1. The summed E-state index contributed by atoms with van der Waals surface area (Å²) >= 11 is 1.54. The van der Waals surface area contributed by atoms with Crippen LogP contribution in [0.25, 0.3) is 0 Å². The van der Waals surface area contributed by atoms with Crippen LogP contribution in [0.15, 0.2) is 51.4 Å². The molecule has 1 N–H and O–H groups in total. The normalized spacial score (nSPS) is 19.2. The fourth-order valence-electron chi connectivity index (χ4n) is 4.60. The molecule has 4 heterocycles. The zero-order valence-electron chi connectivity index (χ0n) is 18.9. The fourth-order valence-corrected chi connectivity index (χ4v) is 5.29. The van der Waals surface area contributed by atoms with Gasteiger partial charge in [-0.3, -0.25) is 19.1 Å². The summed E-state index contributed by atoms with van der Waals surface area (Å²) in [6.07, 6.45) is -3.40. The molecule has 2 aliphatic heterocycles. The van der Waals surface area contributed by atoms with Gasteiger partial charge in [-0.25, -0.2) is 13.9 Å². The van der Waals surface area contributed by atoms with Gasteiger partial charge < -0.3 is 5.11 Å². The molecule has 1 fully saturated rings. The maximum absolute atomic E-state index is 13.5. The first-order chi connectivity index (χ1) is 17.0. The molecule has 0 amide bonds. The third-order valence-electron chi connectivity index (χ3n) is 6.28. The van der Waals surface area contributed by atoms with Crippen LogP contribution >= 0.6 is 11.3 Å². The smallest absolute Gasteiger partial charge is 0.475 e. The highest BCUT2D eigenvalue weighted by Gasteiger charge is 2.47. The number of hydrogen-bond donors (Lipinski definition) is 1. The summed E-state index contributed by atoms with van der Waals surface area (Å²) in [6, 6.07) is 10.5. The van der Waals surface area contributed by atoms with Crippen LogP contribution in [0, 0.1) is 5.82 Å². The summed E-state index contributed by atoms with van der Waals surface area (Å²) < 4.78 is 48.1. The van der Waals surface area contributed by atoms with Crippen LogP contribution in [0.1, 0.15) is 29.1 Å². The molecular weight excluding hydrogens is 504 g/mol. The van der Waals surface area contributed by atoms with Crippen LogP contribution in [0.2, 0.25) is 0 Å². The number of benzene rings is 1. The van der Waals surface area contributed by atoms with Crippen LogP contribution in [-0.4, -0.2) is 49.6 Å². The molecule has 8 nitrogen and oxygen atoms in total. The van der Waals surface area contributed by atoms with E-state index in [1.54, 1.807) is 28.0 Å². The summed E-state index contributed by atoms with van der Waals surface area (Å²) in [5, 5.41) is 13.7. The van der Waals surface area contributed by atoms with Crippen molar-refractivity contribution >= 4 is 17.3 Å². The Labute approximate surface area is 206 Å². The summed E-state index contributed by atoms with van der Waals surface area (Å²) in [5.41, 5.74) is -0.328. The van der Waals surface area contributed by atoms with Gasteiger partial charge in [-0.2, -0.15) is 18.3 Å². The van der Waals surface area contributed by atoms with Crippen LogP contribution in [-0.2, 0) is 29.8 Å². The van der Waals surface area contributed by atoms with Crippen molar-refractivity contribution in [3.05, 3.63) is 84.6 Å². The summed E-state index contributed by atoms with van der Waals surface area (Å²) in [4.78, 5) is 37.4. The highest BCUT2D eigenvalue weighted by Crippen LogP contribution is 2.40. The fraction of sp³-hybridized carbons (Fsp3) is 0.391. The monoisotopic (exact) mass is 526 g/mol. The molecule has 1 atom stereocenters. The number of rotatable bonds is 4. The van der Waals surface area contributed by atoms with Crippen molar-refractivity contribution in [2.24, 2.45) is 0 Å². The standard InChI is InChI=1S/C21H21FN4O2S.C2HF3O2/c22-16-4-1-3-15(11-16)12-24-8-6-21(14-24)7-9-25-18(27)19(28)26(23-20(21)25)13-17-5-2-10-29-17;3-2(4,5)1(6)7/h1-5,10-11H,6-9,12-14H2;(H,6,7). The van der Waals surface area contributed by atoms with Crippen molar-refractivity contribution in [3.8, 4) is 0 Å². The van der Waals surface area contributed by atoms with Crippen molar-refractivity contribution in [2.45, 2.75) is 44.1 Å². The van der Waals surface area contributed by atoms with Crippen LogP contribution < -0.4 is 11.1 Å². The second-order valence-corrected chi connectivity index (χ2v) is 9.78. The maximum Gasteiger partial charge on any atom is 0.490 e. The third kappa shape index (κ3) is 5.41. The quantitative estimate of drug-likeness (QED) is 0.415. The molecule has 192 valence electrons. The molecule has 1 saturated heterocycles. The van der Waals surface area contributed by atoms with E-state index in [0.29, 0.717) is 19.6 Å². The van der Waals surface area contributed by atoms with E-state index in [0.717, 1.165) is 42.2 Å². The van der Waals surface area contributed by atoms with E-state index in [-0.39, 0.29) is 11.2 Å². The second kappa shape index (κ2) is 9.97. The van der Waals surface area contributed by atoms with Gasteiger partial charge >= 0.3 is 23.3 Å². The molecule has 0 bridgehead atoms. The number of thiophene rings is 1. The number of hydrogen-bond acceptors (Lipinski definition) is 6. The predicted molar refractivity (Wildman–Crippen MR) is 122 cm³/mol. The van der Waals surface area contributed by atoms with E-state index >= 15 is 0 Å². The number of aromatic nitrogens is 3. The van der Waals surface area contributed by atoms with Crippen molar-refractivity contribution in [2.75, 3.05) is 13.1 Å². The maximum atomic E-state index is 13.5. The Morgan fingerprint density at radius 1 is 1.08 bits per heavy atom. The van der Waals surface area contributed by atoms with E-state index in [2.05, 4.69) is 10.00 Å². The number of nitrogens with zero attached hydrogens (tertiary/aromatic N) is 4. The number of alkyl halides is 3. The van der Waals surface area contributed by atoms with Gasteiger partial charge in [0, 0.05) is 29.9 Å². The number of carbonyl (C=O) groups is 1. The molecule has 2 aliphatic rings. The first-order valence-corrected chi connectivity index (χ1v) is 11.9. The van der Waals surface area contributed by atoms with Gasteiger partial charge in [0.1, 0.15) is 11.6 Å². The largest absolute Gasteiger partial charge is 0.490 e. The second-order valence-electron chi connectivity index (χ2n) is 8.75. The van der Waals surface area contributed by atoms with Gasteiger partial charge in [-0.1, -0.05) is 18.2 Å². The molecule has 1 spiro atoms. The van der Waals surface area contributed by atoms with Crippen molar-refractivity contribution < 1.29 is 27.5 Å². The zero-order chi connectivity index (χ0) is 26.1. The Bertz CT molecular complexity index is 1370. The first-order valence-electron chi connectivity index (χ1n) is 11.0. The van der Waals surface area contributed by atoms with E-state index < -0.39 is 23.3 Å². The first kappa shape index (κ1) is 25.8. The number of fused-ring (bicyclic) bond motifs is 2. The predicted octanol–water partition coefficient (Wildman–Crippen LogP) is 2.83. The summed E-state index contributed by atoms with van der Waals surface area (Å²) in [6.45, 7) is 3.13. The van der Waals surface area contributed by atoms with Gasteiger partial charge in [-0.15, -0.1) is 11.3 Å². The van der Waals surface area contributed by atoms with Gasteiger partial charge in [0.2, 0.25) is 0 Å². The van der Waals surface area contributed by atoms with Crippen LogP contribution in [0.3, 0.4) is 0 Å². The van der Waals surface area contributed by atoms with Gasteiger partial charge in [0.25, 0.3) is 0 Å². The van der Waals surface area contributed by atoms with E-state index in [9.17, 15) is 27.2 Å². The third-order valence-corrected chi connectivity index (χ3v) is 7.14. The summed E-state index contributed by atoms with van der Waals surface area (Å²) in [7, 11) is 0. The Balaban J connectivity index is 0.000000384. The van der Waals surface area contributed by atoms with E-state index in [4.69, 9.17) is 9.90 Å². The Morgan fingerprint density at radius 3 is 2.44 bits per heavy atom. The number of carboxylic acid groups (broad SMARTS) is 1. The average molecular weight is 527 g/mol. The highest BCUT2D eigenvalue weighted by molar-refractivity contribution is 7.09. The Kier molecular flexibility index (Phi) is 7.14. The summed E-state index contributed by atoms with van der Waals surface area (Å²) in [5.74, 6) is -2.26. The van der Waals surface area contributed by atoms with Crippen molar-refractivity contribution in [1.82, 2.24) is 19.2 Å². The molecule has 13 heteroatoms. The van der Waals surface area contributed by atoms with Crippen molar-refractivity contribution in [3.63, 3.8) is 0 Å². The number of carboxylic acids is 1. The number of aliphatic carboxylic acids is 1. The highest BCUT2D eigenvalue weighted by atomic mass is 32.1. The van der Waals surface area contributed by atoms with Gasteiger partial charge in [-0.05, 0) is 48.5 Å². The zero-order valence-corrected chi connectivity index (χ0v) is 19.7. The molecule has 36 heavy (non-hydrogen) atoms. The topological polar surface area (TPSA) is 97.4 Å². The Morgan fingerprint density at radius 2 is 1.81 bits per heavy atom. The molecule has 0 saturated carbocycles. The molecule has 2 aromatic heterocycles. The lowest BCUT2D eigenvalue weighted by Gasteiger charge is -2.23. The lowest BCUT2D eigenvalue weighted by molar-refractivity contribution is -0.192. The van der Waals surface area contributed by atoms with Crippen LogP contribution in [0.4, 0.5) is 17.6 Å². The minimum atomic E-state index is -5.08. The lowest BCUT2D eigenvalue weighted by Crippen LogP contribution is -2.45. The molecule has 5 rings (SSSR count). The van der Waals surface area contributed by atoms with Crippen LogP contribution in [0.5, 0.6) is 0 Å². The molecule has 0 aliphatic carbocycles. The SMILES string of the molecule is O=C(O)C(F)(F)F.O=c1c(=O)n2c(nn1Cc1cccs1)C1(CCN(Cc3cccc(F)c3)C1)CC2. The molecular formula is C23H22F4N4O4S. The van der Waals surface area contributed by atoms with E-state index in [1.807, 2.05) is 23.6 Å².